The monoisotopic (exact) mass is 306 g/mol. The van der Waals surface area contributed by atoms with Gasteiger partial charge in [0.25, 0.3) is 0 Å². The highest BCUT2D eigenvalue weighted by Gasteiger charge is 2.20. The standard InChI is InChI=1S/C17H26N2O3/c1-3-22-16-10-12(2)4-5-13(16)11-18-17(21)19-14-6-8-15(20)9-7-14/h4-5,10,14-15,20H,3,6-9,11H2,1-2H3,(H2,18,19,21). The Balaban J connectivity index is 1.83. The number of hydrogen-bond donors (Lipinski definition) is 3. The molecule has 0 radical (unpaired) electrons. The fraction of sp³-hybridized carbons (Fsp3) is 0.588. The topological polar surface area (TPSA) is 70.6 Å². The van der Waals surface area contributed by atoms with Crippen LogP contribution in [0.3, 0.4) is 0 Å². The van der Waals surface area contributed by atoms with Crippen LogP contribution in [-0.4, -0.2) is 29.9 Å². The average Bonchev–Trinajstić information content (AvgIpc) is 2.49. The number of aliphatic hydroxyl groups is 1. The van der Waals surface area contributed by atoms with Gasteiger partial charge in [-0.25, -0.2) is 4.79 Å². The summed E-state index contributed by atoms with van der Waals surface area (Å²) in [6.45, 7) is 5.01. The molecule has 0 aromatic heterocycles. The van der Waals surface area contributed by atoms with Crippen molar-refractivity contribution in [2.24, 2.45) is 0 Å². The van der Waals surface area contributed by atoms with Gasteiger partial charge in [-0.05, 0) is 51.2 Å². The number of ether oxygens (including phenoxy) is 1. The molecule has 1 saturated carbocycles. The van der Waals surface area contributed by atoms with Gasteiger partial charge in [-0.15, -0.1) is 0 Å². The zero-order chi connectivity index (χ0) is 15.9. The molecule has 5 heteroatoms. The Morgan fingerprint density at radius 1 is 1.32 bits per heavy atom. The number of carbonyl (C=O) groups excluding carboxylic acids is 1. The maximum Gasteiger partial charge on any atom is 0.315 e. The van der Waals surface area contributed by atoms with Gasteiger partial charge in [0.1, 0.15) is 5.75 Å². The van der Waals surface area contributed by atoms with E-state index in [-0.39, 0.29) is 18.2 Å². The third-order valence-corrected chi connectivity index (χ3v) is 3.99. The Morgan fingerprint density at radius 2 is 2.05 bits per heavy atom. The van der Waals surface area contributed by atoms with E-state index in [1.807, 2.05) is 32.0 Å². The summed E-state index contributed by atoms with van der Waals surface area (Å²) in [5, 5.41) is 15.3. The van der Waals surface area contributed by atoms with Crippen LogP contribution >= 0.6 is 0 Å². The van der Waals surface area contributed by atoms with Crippen LogP contribution in [0.2, 0.25) is 0 Å². The van der Waals surface area contributed by atoms with Crippen LogP contribution in [0.25, 0.3) is 0 Å². The van der Waals surface area contributed by atoms with Crippen LogP contribution in [-0.2, 0) is 6.54 Å². The molecule has 0 atom stereocenters. The van der Waals surface area contributed by atoms with Gasteiger partial charge in [0.2, 0.25) is 0 Å². The van der Waals surface area contributed by atoms with Gasteiger partial charge < -0.3 is 20.5 Å². The predicted octanol–water partition coefficient (Wildman–Crippen LogP) is 2.50. The number of amides is 2. The highest BCUT2D eigenvalue weighted by molar-refractivity contribution is 5.74. The highest BCUT2D eigenvalue weighted by atomic mass is 16.5. The van der Waals surface area contributed by atoms with Crippen molar-refractivity contribution >= 4 is 6.03 Å². The Hall–Kier alpha value is -1.75. The van der Waals surface area contributed by atoms with Crippen LogP contribution in [0.5, 0.6) is 5.75 Å². The summed E-state index contributed by atoms with van der Waals surface area (Å²) in [5.41, 5.74) is 2.11. The summed E-state index contributed by atoms with van der Waals surface area (Å²) < 4.78 is 5.61. The smallest absolute Gasteiger partial charge is 0.315 e. The van der Waals surface area contributed by atoms with E-state index in [0.717, 1.165) is 42.6 Å². The SMILES string of the molecule is CCOc1cc(C)ccc1CNC(=O)NC1CCC(O)CC1. The van der Waals surface area contributed by atoms with Gasteiger partial charge in [0.05, 0.1) is 12.7 Å². The second-order valence-electron chi connectivity index (χ2n) is 5.88. The minimum Gasteiger partial charge on any atom is -0.494 e. The number of benzene rings is 1. The van der Waals surface area contributed by atoms with Crippen molar-refractivity contribution in [1.82, 2.24) is 10.6 Å². The van der Waals surface area contributed by atoms with E-state index in [0.29, 0.717) is 13.2 Å². The molecule has 0 aliphatic heterocycles. The Labute approximate surface area is 132 Å². The van der Waals surface area contributed by atoms with Crippen molar-refractivity contribution in [1.29, 1.82) is 0 Å². The molecule has 122 valence electrons. The van der Waals surface area contributed by atoms with Crippen molar-refractivity contribution in [2.75, 3.05) is 6.61 Å². The molecule has 2 amide bonds. The molecule has 0 bridgehead atoms. The molecule has 5 nitrogen and oxygen atoms in total. The van der Waals surface area contributed by atoms with Crippen LogP contribution < -0.4 is 15.4 Å². The molecule has 2 rings (SSSR count). The lowest BCUT2D eigenvalue weighted by Crippen LogP contribution is -2.43. The first-order chi connectivity index (χ1) is 10.6. The van der Waals surface area contributed by atoms with Crippen molar-refractivity contribution in [3.63, 3.8) is 0 Å². The van der Waals surface area contributed by atoms with E-state index < -0.39 is 0 Å². The van der Waals surface area contributed by atoms with Crippen molar-refractivity contribution in [3.05, 3.63) is 29.3 Å². The van der Waals surface area contributed by atoms with Gasteiger partial charge in [-0.1, -0.05) is 12.1 Å². The number of aryl methyl sites for hydroxylation is 1. The van der Waals surface area contributed by atoms with Crippen LogP contribution in [0.15, 0.2) is 18.2 Å². The van der Waals surface area contributed by atoms with Gasteiger partial charge in [-0.2, -0.15) is 0 Å². The summed E-state index contributed by atoms with van der Waals surface area (Å²) in [6.07, 6.45) is 2.99. The Morgan fingerprint density at radius 3 is 2.73 bits per heavy atom. The van der Waals surface area contributed by atoms with Gasteiger partial charge in [-0.3, -0.25) is 0 Å². The van der Waals surface area contributed by atoms with Gasteiger partial charge >= 0.3 is 6.03 Å². The average molecular weight is 306 g/mol. The third kappa shape index (κ3) is 4.91. The summed E-state index contributed by atoms with van der Waals surface area (Å²) in [7, 11) is 0. The summed E-state index contributed by atoms with van der Waals surface area (Å²) in [6, 6.07) is 5.98. The number of carbonyl (C=O) groups is 1. The molecule has 1 aliphatic carbocycles. The van der Waals surface area contributed by atoms with Crippen molar-refractivity contribution in [3.8, 4) is 5.75 Å². The molecule has 0 saturated heterocycles. The lowest BCUT2D eigenvalue weighted by atomic mass is 9.93. The highest BCUT2D eigenvalue weighted by Crippen LogP contribution is 2.20. The molecule has 0 heterocycles. The molecule has 0 unspecified atom stereocenters. The normalized spacial score (nSPS) is 21.2. The summed E-state index contributed by atoms with van der Waals surface area (Å²) in [5.74, 6) is 0.823. The number of urea groups is 1. The Kier molecular flexibility index (Phi) is 6.07. The molecular weight excluding hydrogens is 280 g/mol. The van der Waals surface area contributed by atoms with Crippen LogP contribution in [0.4, 0.5) is 4.79 Å². The first-order valence-corrected chi connectivity index (χ1v) is 8.03. The number of aliphatic hydroxyl groups excluding tert-OH is 1. The molecule has 1 aromatic rings. The largest absolute Gasteiger partial charge is 0.494 e. The number of nitrogens with one attached hydrogen (secondary N) is 2. The van der Waals surface area contributed by atoms with E-state index in [1.165, 1.54) is 0 Å². The molecule has 0 spiro atoms. The molecule has 1 aromatic carbocycles. The fourth-order valence-corrected chi connectivity index (χ4v) is 2.73. The maximum atomic E-state index is 12.0. The predicted molar refractivity (Wildman–Crippen MR) is 86.0 cm³/mol. The zero-order valence-corrected chi connectivity index (χ0v) is 13.4. The zero-order valence-electron chi connectivity index (χ0n) is 13.4. The second kappa shape index (κ2) is 8.03. The molecule has 1 aliphatic rings. The molecular formula is C17H26N2O3. The van der Waals surface area contributed by atoms with E-state index in [2.05, 4.69) is 10.6 Å². The van der Waals surface area contributed by atoms with E-state index >= 15 is 0 Å². The van der Waals surface area contributed by atoms with Crippen molar-refractivity contribution in [2.45, 2.75) is 58.2 Å². The lowest BCUT2D eigenvalue weighted by molar-refractivity contribution is 0.117. The maximum absolute atomic E-state index is 12.0. The van der Waals surface area contributed by atoms with Crippen LogP contribution in [0, 0.1) is 6.92 Å². The van der Waals surface area contributed by atoms with Crippen LogP contribution in [0.1, 0.15) is 43.7 Å². The minimum atomic E-state index is -0.206. The van der Waals surface area contributed by atoms with Gasteiger partial charge in [0, 0.05) is 18.2 Å². The fourth-order valence-electron chi connectivity index (χ4n) is 2.73. The number of rotatable bonds is 5. The second-order valence-corrected chi connectivity index (χ2v) is 5.88. The third-order valence-electron chi connectivity index (χ3n) is 3.99. The van der Waals surface area contributed by atoms with E-state index in [1.54, 1.807) is 0 Å². The molecule has 3 N–H and O–H groups in total. The van der Waals surface area contributed by atoms with Crippen molar-refractivity contribution < 1.29 is 14.6 Å². The Bertz CT molecular complexity index is 497. The quantitative estimate of drug-likeness (QED) is 0.783. The lowest BCUT2D eigenvalue weighted by Gasteiger charge is -2.26. The first kappa shape index (κ1) is 16.6. The summed E-state index contributed by atoms with van der Waals surface area (Å²) >= 11 is 0. The molecule has 22 heavy (non-hydrogen) atoms. The summed E-state index contributed by atoms with van der Waals surface area (Å²) in [4.78, 5) is 12.0. The molecule has 1 fully saturated rings. The first-order valence-electron chi connectivity index (χ1n) is 8.03. The minimum absolute atomic E-state index is 0.160. The van der Waals surface area contributed by atoms with E-state index in [4.69, 9.17) is 4.74 Å². The van der Waals surface area contributed by atoms with Gasteiger partial charge in [0.15, 0.2) is 0 Å². The van der Waals surface area contributed by atoms with E-state index in [9.17, 15) is 9.90 Å². The number of hydrogen-bond acceptors (Lipinski definition) is 3.